The third-order valence-corrected chi connectivity index (χ3v) is 6.23. The van der Waals surface area contributed by atoms with Crippen LogP contribution in [0.3, 0.4) is 0 Å². The molecule has 0 aromatic heterocycles. The molecule has 0 fully saturated rings. The second-order valence-electron chi connectivity index (χ2n) is 9.71. The van der Waals surface area contributed by atoms with Crippen LogP contribution in [0.5, 0.6) is 11.5 Å². The average Bonchev–Trinajstić information content (AvgIpc) is 3.02. The van der Waals surface area contributed by atoms with Crippen LogP contribution in [0.4, 0.5) is 11.4 Å². The molecular formula is C34H32N4O6. The molecule has 224 valence electrons. The number of benzene rings is 4. The molecule has 0 radical (unpaired) electrons. The maximum absolute atomic E-state index is 12.8. The summed E-state index contributed by atoms with van der Waals surface area (Å²) < 4.78 is 11.0. The summed E-state index contributed by atoms with van der Waals surface area (Å²) in [5.41, 5.74) is 5.06. The zero-order chi connectivity index (χ0) is 31.3. The van der Waals surface area contributed by atoms with Crippen LogP contribution >= 0.6 is 0 Å². The first kappa shape index (κ1) is 31.2. The van der Waals surface area contributed by atoms with E-state index in [0.717, 1.165) is 18.4 Å². The fraction of sp³-hybridized carbons (Fsp3) is 0.147. The summed E-state index contributed by atoms with van der Waals surface area (Å²) in [5, 5.41) is 9.04. The largest absolute Gasteiger partial charge is 0.494 e. The number of hydrazone groups is 1. The van der Waals surface area contributed by atoms with Crippen LogP contribution in [-0.4, -0.2) is 36.5 Å². The smallest absolute Gasteiger partial charge is 0.343 e. The Labute approximate surface area is 255 Å². The number of carbonyl (C=O) groups is 4. The van der Waals surface area contributed by atoms with E-state index in [1.165, 1.54) is 18.3 Å². The number of hydrogen-bond acceptors (Lipinski definition) is 7. The standard InChI is InChI=1S/C34H32N4O6/c1-3-4-20-43-27-18-14-25(15-19-27)34(42)44-28-16-12-24(13-17-28)22-35-38-33(41)32(40)37-30-11-6-5-10-29(30)31(39)36-26-9-7-8-23(2)21-26/h5-19,21-22H,3-4,20H2,1-2H3,(H,36,39)(H,37,40)(H,38,41). The number of anilines is 2. The molecule has 0 aliphatic heterocycles. The average molecular weight is 593 g/mol. The molecule has 0 aliphatic rings. The van der Waals surface area contributed by atoms with Crippen molar-refractivity contribution in [3.05, 3.63) is 119 Å². The third-order valence-electron chi connectivity index (χ3n) is 6.23. The Hall–Kier alpha value is -5.77. The predicted octanol–water partition coefficient (Wildman–Crippen LogP) is 5.73. The Morgan fingerprint density at radius 2 is 1.52 bits per heavy atom. The van der Waals surface area contributed by atoms with Crippen molar-refractivity contribution in [1.82, 2.24) is 5.43 Å². The van der Waals surface area contributed by atoms with Crippen molar-refractivity contribution in [2.45, 2.75) is 26.7 Å². The minimum atomic E-state index is -1.03. The molecule has 0 unspecified atom stereocenters. The molecule has 0 bridgehead atoms. The first-order valence-electron chi connectivity index (χ1n) is 14.0. The number of esters is 1. The zero-order valence-electron chi connectivity index (χ0n) is 24.3. The predicted molar refractivity (Wildman–Crippen MR) is 168 cm³/mol. The molecule has 44 heavy (non-hydrogen) atoms. The van der Waals surface area contributed by atoms with Crippen molar-refractivity contribution in [3.8, 4) is 11.5 Å². The van der Waals surface area contributed by atoms with Gasteiger partial charge in [-0.2, -0.15) is 5.10 Å². The van der Waals surface area contributed by atoms with Crippen molar-refractivity contribution < 1.29 is 28.7 Å². The van der Waals surface area contributed by atoms with Gasteiger partial charge in [0, 0.05) is 5.69 Å². The quantitative estimate of drug-likeness (QED) is 0.0508. The molecule has 0 aliphatic carbocycles. The van der Waals surface area contributed by atoms with E-state index in [9.17, 15) is 19.2 Å². The highest BCUT2D eigenvalue weighted by Gasteiger charge is 2.18. The zero-order valence-corrected chi connectivity index (χ0v) is 24.3. The van der Waals surface area contributed by atoms with E-state index in [1.807, 2.05) is 25.1 Å². The number of para-hydroxylation sites is 1. The number of unbranched alkanes of at least 4 members (excludes halogenated alkanes) is 1. The number of ether oxygens (including phenoxy) is 2. The van der Waals surface area contributed by atoms with Gasteiger partial charge in [-0.1, -0.05) is 37.6 Å². The van der Waals surface area contributed by atoms with Gasteiger partial charge in [-0.3, -0.25) is 14.4 Å². The van der Waals surface area contributed by atoms with Crippen LogP contribution in [0.25, 0.3) is 0 Å². The highest BCUT2D eigenvalue weighted by Crippen LogP contribution is 2.19. The second-order valence-corrected chi connectivity index (χ2v) is 9.71. The lowest BCUT2D eigenvalue weighted by molar-refractivity contribution is -0.136. The Morgan fingerprint density at radius 3 is 2.25 bits per heavy atom. The first-order valence-corrected chi connectivity index (χ1v) is 14.0. The van der Waals surface area contributed by atoms with Crippen molar-refractivity contribution in [2.24, 2.45) is 5.10 Å². The monoisotopic (exact) mass is 592 g/mol. The molecule has 3 amide bonds. The van der Waals surface area contributed by atoms with Crippen LogP contribution in [0.2, 0.25) is 0 Å². The summed E-state index contributed by atoms with van der Waals surface area (Å²) in [4.78, 5) is 50.1. The van der Waals surface area contributed by atoms with E-state index in [2.05, 4.69) is 28.1 Å². The maximum Gasteiger partial charge on any atom is 0.343 e. The second kappa shape index (κ2) is 15.5. The molecule has 0 saturated heterocycles. The van der Waals surface area contributed by atoms with Crippen LogP contribution in [-0.2, 0) is 9.59 Å². The fourth-order valence-corrected chi connectivity index (χ4v) is 3.92. The molecule has 4 aromatic rings. The molecule has 4 aromatic carbocycles. The molecule has 0 heterocycles. The molecule has 10 heteroatoms. The lowest BCUT2D eigenvalue weighted by Crippen LogP contribution is -2.33. The van der Waals surface area contributed by atoms with Crippen molar-refractivity contribution in [1.29, 1.82) is 0 Å². The van der Waals surface area contributed by atoms with E-state index in [1.54, 1.807) is 66.7 Å². The molecule has 3 N–H and O–H groups in total. The Bertz CT molecular complexity index is 1650. The van der Waals surface area contributed by atoms with Crippen molar-refractivity contribution in [2.75, 3.05) is 17.2 Å². The normalized spacial score (nSPS) is 10.6. The minimum absolute atomic E-state index is 0.170. The summed E-state index contributed by atoms with van der Waals surface area (Å²) in [6.07, 6.45) is 3.32. The van der Waals surface area contributed by atoms with Crippen LogP contribution in [0.15, 0.2) is 102 Å². The third kappa shape index (κ3) is 9.12. The summed E-state index contributed by atoms with van der Waals surface area (Å²) in [6, 6.07) is 26.8. The van der Waals surface area contributed by atoms with Gasteiger partial charge in [-0.05, 0) is 97.3 Å². The van der Waals surface area contributed by atoms with Crippen LogP contribution < -0.4 is 25.5 Å². The fourth-order valence-electron chi connectivity index (χ4n) is 3.92. The van der Waals surface area contributed by atoms with Crippen molar-refractivity contribution in [3.63, 3.8) is 0 Å². The Balaban J connectivity index is 1.27. The number of rotatable bonds is 11. The van der Waals surface area contributed by atoms with E-state index < -0.39 is 23.7 Å². The van der Waals surface area contributed by atoms with Crippen LogP contribution in [0, 0.1) is 6.92 Å². The van der Waals surface area contributed by atoms with Gasteiger partial charge in [0.1, 0.15) is 11.5 Å². The van der Waals surface area contributed by atoms with Crippen LogP contribution in [0.1, 0.15) is 51.6 Å². The summed E-state index contributed by atoms with van der Waals surface area (Å²) in [6.45, 7) is 4.61. The van der Waals surface area contributed by atoms with Crippen molar-refractivity contribution >= 4 is 41.3 Å². The van der Waals surface area contributed by atoms with Gasteiger partial charge in [-0.25, -0.2) is 10.2 Å². The van der Waals surface area contributed by atoms with Gasteiger partial charge < -0.3 is 20.1 Å². The summed E-state index contributed by atoms with van der Waals surface area (Å²) in [5.74, 6) is -1.97. The van der Waals surface area contributed by atoms with E-state index in [4.69, 9.17) is 9.47 Å². The van der Waals surface area contributed by atoms with Gasteiger partial charge >= 0.3 is 17.8 Å². The highest BCUT2D eigenvalue weighted by molar-refractivity contribution is 6.40. The minimum Gasteiger partial charge on any atom is -0.494 e. The lowest BCUT2D eigenvalue weighted by Gasteiger charge is -2.11. The molecular weight excluding hydrogens is 560 g/mol. The molecule has 10 nitrogen and oxygen atoms in total. The van der Waals surface area contributed by atoms with Gasteiger partial charge in [0.2, 0.25) is 0 Å². The van der Waals surface area contributed by atoms with E-state index in [-0.39, 0.29) is 11.3 Å². The topological polar surface area (TPSA) is 135 Å². The maximum atomic E-state index is 12.8. The molecule has 0 atom stereocenters. The highest BCUT2D eigenvalue weighted by atomic mass is 16.5. The Kier molecular flexibility index (Phi) is 10.9. The number of hydrogen-bond donors (Lipinski definition) is 3. The number of carbonyl (C=O) groups excluding carboxylic acids is 4. The van der Waals surface area contributed by atoms with Gasteiger partial charge in [0.15, 0.2) is 0 Å². The SMILES string of the molecule is CCCCOc1ccc(C(=O)Oc2ccc(C=NNC(=O)C(=O)Nc3ccccc3C(=O)Nc3cccc(C)c3)cc2)cc1. The Morgan fingerprint density at radius 1 is 0.795 bits per heavy atom. The molecule has 4 rings (SSSR count). The molecule has 0 saturated carbocycles. The summed E-state index contributed by atoms with van der Waals surface area (Å²) >= 11 is 0. The van der Waals surface area contributed by atoms with Gasteiger partial charge in [0.25, 0.3) is 5.91 Å². The number of amides is 3. The van der Waals surface area contributed by atoms with Gasteiger partial charge in [0.05, 0.1) is 29.6 Å². The van der Waals surface area contributed by atoms with E-state index >= 15 is 0 Å². The summed E-state index contributed by atoms with van der Waals surface area (Å²) in [7, 11) is 0. The number of nitrogens with one attached hydrogen (secondary N) is 3. The number of nitrogens with zero attached hydrogens (tertiary/aromatic N) is 1. The first-order chi connectivity index (χ1) is 21.3. The van der Waals surface area contributed by atoms with Gasteiger partial charge in [-0.15, -0.1) is 0 Å². The lowest BCUT2D eigenvalue weighted by atomic mass is 10.1. The van der Waals surface area contributed by atoms with E-state index in [0.29, 0.717) is 34.9 Å². The number of aryl methyl sites for hydroxylation is 1. The molecule has 0 spiro atoms.